The van der Waals surface area contributed by atoms with Crippen molar-refractivity contribution in [3.8, 4) is 0 Å². The maximum Gasteiger partial charge on any atom is 0.193 e. The molecule has 1 aromatic carbocycles. The Kier molecular flexibility index (Phi) is 5.28. The number of nitrogens with zero attached hydrogens (tertiary/aromatic N) is 2. The van der Waals surface area contributed by atoms with E-state index in [1.165, 1.54) is 5.56 Å². The quantitative estimate of drug-likeness (QED) is 0.669. The molecule has 0 aromatic heterocycles. The SMILES string of the molecule is CN=C(NCC(C)(C)c1ccccc1)N1CCS(=O)(=O)C(C)(C)C1. The van der Waals surface area contributed by atoms with E-state index in [9.17, 15) is 8.42 Å². The molecule has 1 saturated heterocycles. The van der Waals surface area contributed by atoms with Crippen molar-refractivity contribution in [3.05, 3.63) is 35.9 Å². The Labute approximate surface area is 146 Å². The van der Waals surface area contributed by atoms with Crippen molar-refractivity contribution >= 4 is 15.8 Å². The molecule has 1 aliphatic rings. The normalized spacial score (nSPS) is 20.7. The summed E-state index contributed by atoms with van der Waals surface area (Å²) >= 11 is 0. The van der Waals surface area contributed by atoms with Gasteiger partial charge >= 0.3 is 0 Å². The maximum absolute atomic E-state index is 12.2. The van der Waals surface area contributed by atoms with Crippen molar-refractivity contribution in [1.29, 1.82) is 0 Å². The Hall–Kier alpha value is -1.56. The lowest BCUT2D eigenvalue weighted by Gasteiger charge is -2.40. The number of benzene rings is 1. The fourth-order valence-electron chi connectivity index (χ4n) is 2.95. The van der Waals surface area contributed by atoms with E-state index in [0.717, 1.165) is 12.5 Å². The van der Waals surface area contributed by atoms with Crippen LogP contribution in [-0.4, -0.2) is 56.5 Å². The molecular formula is C18H29N3O2S. The number of hydrogen-bond donors (Lipinski definition) is 1. The van der Waals surface area contributed by atoms with Crippen molar-refractivity contribution in [2.45, 2.75) is 37.9 Å². The molecule has 1 heterocycles. The number of rotatable bonds is 3. The molecule has 0 atom stereocenters. The third kappa shape index (κ3) is 3.91. The summed E-state index contributed by atoms with van der Waals surface area (Å²) in [7, 11) is -1.30. The predicted molar refractivity (Wildman–Crippen MR) is 100 cm³/mol. The highest BCUT2D eigenvalue weighted by atomic mass is 32.2. The lowest BCUT2D eigenvalue weighted by molar-refractivity contribution is 0.349. The number of hydrogen-bond acceptors (Lipinski definition) is 3. The highest BCUT2D eigenvalue weighted by Crippen LogP contribution is 2.25. The zero-order valence-electron chi connectivity index (χ0n) is 15.3. The number of sulfone groups is 1. The molecule has 0 amide bonds. The first-order valence-electron chi connectivity index (χ1n) is 8.32. The summed E-state index contributed by atoms with van der Waals surface area (Å²) < 4.78 is 23.6. The van der Waals surface area contributed by atoms with Gasteiger partial charge in [0.2, 0.25) is 0 Å². The summed E-state index contributed by atoms with van der Waals surface area (Å²) in [6.07, 6.45) is 0. The van der Waals surface area contributed by atoms with Crippen LogP contribution in [0.4, 0.5) is 0 Å². The molecule has 0 saturated carbocycles. The Morgan fingerprint density at radius 1 is 1.29 bits per heavy atom. The Morgan fingerprint density at radius 2 is 1.92 bits per heavy atom. The van der Waals surface area contributed by atoms with Gasteiger partial charge in [-0.3, -0.25) is 4.99 Å². The molecule has 134 valence electrons. The minimum atomic E-state index is -3.05. The van der Waals surface area contributed by atoms with Crippen molar-refractivity contribution in [3.63, 3.8) is 0 Å². The van der Waals surface area contributed by atoms with E-state index in [4.69, 9.17) is 0 Å². The second kappa shape index (κ2) is 6.75. The van der Waals surface area contributed by atoms with Crippen LogP contribution in [0.5, 0.6) is 0 Å². The van der Waals surface area contributed by atoms with Crippen LogP contribution in [0.3, 0.4) is 0 Å². The van der Waals surface area contributed by atoms with Crippen LogP contribution in [0.15, 0.2) is 35.3 Å². The molecule has 5 nitrogen and oxygen atoms in total. The van der Waals surface area contributed by atoms with Crippen molar-refractivity contribution in [2.24, 2.45) is 4.99 Å². The van der Waals surface area contributed by atoms with E-state index in [1.54, 1.807) is 20.9 Å². The smallest absolute Gasteiger partial charge is 0.193 e. The van der Waals surface area contributed by atoms with Gasteiger partial charge < -0.3 is 10.2 Å². The Bertz CT molecular complexity index is 694. The van der Waals surface area contributed by atoms with E-state index in [2.05, 4.69) is 36.3 Å². The second-order valence-electron chi connectivity index (χ2n) is 7.65. The van der Waals surface area contributed by atoms with E-state index in [0.29, 0.717) is 13.1 Å². The van der Waals surface area contributed by atoms with Crippen LogP contribution in [-0.2, 0) is 15.3 Å². The van der Waals surface area contributed by atoms with Gasteiger partial charge in [0, 0.05) is 32.1 Å². The first-order valence-corrected chi connectivity index (χ1v) is 9.98. The van der Waals surface area contributed by atoms with E-state index in [1.807, 2.05) is 23.1 Å². The average molecular weight is 352 g/mol. The lowest BCUT2D eigenvalue weighted by Crippen LogP contribution is -2.58. The minimum absolute atomic E-state index is 0.0470. The van der Waals surface area contributed by atoms with Crippen LogP contribution < -0.4 is 5.32 Å². The Morgan fingerprint density at radius 3 is 2.46 bits per heavy atom. The number of guanidine groups is 1. The number of nitrogens with one attached hydrogen (secondary N) is 1. The molecular weight excluding hydrogens is 322 g/mol. The fourth-order valence-corrected chi connectivity index (χ4v) is 4.31. The number of aliphatic imine (C=N–C) groups is 1. The van der Waals surface area contributed by atoms with Crippen LogP contribution in [0.2, 0.25) is 0 Å². The summed E-state index contributed by atoms with van der Waals surface area (Å²) in [6, 6.07) is 10.4. The molecule has 0 spiro atoms. The van der Waals surface area contributed by atoms with Gasteiger partial charge in [-0.2, -0.15) is 0 Å². The van der Waals surface area contributed by atoms with Gasteiger partial charge in [0.05, 0.1) is 10.5 Å². The Balaban J connectivity index is 2.06. The lowest BCUT2D eigenvalue weighted by atomic mass is 9.85. The summed E-state index contributed by atoms with van der Waals surface area (Å²) in [6.45, 7) is 9.62. The average Bonchev–Trinajstić information content (AvgIpc) is 2.52. The van der Waals surface area contributed by atoms with Crippen molar-refractivity contribution in [2.75, 3.05) is 32.4 Å². The molecule has 0 bridgehead atoms. The van der Waals surface area contributed by atoms with Gasteiger partial charge in [0.15, 0.2) is 15.8 Å². The van der Waals surface area contributed by atoms with E-state index >= 15 is 0 Å². The summed E-state index contributed by atoms with van der Waals surface area (Å²) in [5, 5.41) is 3.42. The first-order chi connectivity index (χ1) is 11.1. The summed E-state index contributed by atoms with van der Waals surface area (Å²) in [5.74, 6) is 0.935. The second-order valence-corrected chi connectivity index (χ2v) is 10.4. The molecule has 1 aromatic rings. The van der Waals surface area contributed by atoms with Crippen molar-refractivity contribution in [1.82, 2.24) is 10.2 Å². The topological polar surface area (TPSA) is 61.8 Å². The van der Waals surface area contributed by atoms with Crippen LogP contribution in [0.25, 0.3) is 0 Å². The fraction of sp³-hybridized carbons (Fsp3) is 0.611. The van der Waals surface area contributed by atoms with Crippen molar-refractivity contribution < 1.29 is 8.42 Å². The highest BCUT2D eigenvalue weighted by Gasteiger charge is 2.41. The van der Waals surface area contributed by atoms with Gasteiger partial charge in [-0.25, -0.2) is 8.42 Å². The third-order valence-electron chi connectivity index (χ3n) is 4.80. The maximum atomic E-state index is 12.2. The van der Waals surface area contributed by atoms with Gasteiger partial charge in [-0.1, -0.05) is 44.2 Å². The summed E-state index contributed by atoms with van der Waals surface area (Å²) in [4.78, 5) is 6.40. The molecule has 6 heteroatoms. The highest BCUT2D eigenvalue weighted by molar-refractivity contribution is 7.92. The van der Waals surface area contributed by atoms with E-state index < -0.39 is 14.6 Å². The van der Waals surface area contributed by atoms with E-state index in [-0.39, 0.29) is 11.2 Å². The first kappa shape index (κ1) is 18.8. The zero-order chi connectivity index (χ0) is 18.0. The van der Waals surface area contributed by atoms with Crippen LogP contribution in [0, 0.1) is 0 Å². The predicted octanol–water partition coefficient (Wildman–Crippen LogP) is 2.05. The molecule has 0 unspecified atom stereocenters. The monoisotopic (exact) mass is 351 g/mol. The zero-order valence-corrected chi connectivity index (χ0v) is 16.2. The van der Waals surface area contributed by atoms with Gasteiger partial charge in [-0.05, 0) is 19.4 Å². The third-order valence-corrected chi connectivity index (χ3v) is 7.33. The standard InChI is InChI=1S/C18H29N3O2S/c1-17(2,15-9-7-6-8-10-15)13-20-16(19-5)21-11-12-24(22,23)18(3,4)14-21/h6-10H,11-14H2,1-5H3,(H,19,20). The van der Waals surface area contributed by atoms with Gasteiger partial charge in [0.25, 0.3) is 0 Å². The van der Waals surface area contributed by atoms with Crippen LogP contribution >= 0.6 is 0 Å². The van der Waals surface area contributed by atoms with Gasteiger partial charge in [-0.15, -0.1) is 0 Å². The minimum Gasteiger partial charge on any atom is -0.355 e. The largest absolute Gasteiger partial charge is 0.355 e. The summed E-state index contributed by atoms with van der Waals surface area (Å²) in [5.41, 5.74) is 1.21. The molecule has 1 N–H and O–H groups in total. The molecule has 24 heavy (non-hydrogen) atoms. The molecule has 0 aliphatic carbocycles. The van der Waals surface area contributed by atoms with Crippen LogP contribution in [0.1, 0.15) is 33.3 Å². The molecule has 0 radical (unpaired) electrons. The molecule has 1 aliphatic heterocycles. The van der Waals surface area contributed by atoms with Gasteiger partial charge in [0.1, 0.15) is 0 Å². The molecule has 1 fully saturated rings. The molecule has 2 rings (SSSR count).